The Bertz CT molecular complexity index is 619. The molecule has 0 aromatic carbocycles. The monoisotopic (exact) mass is 362 g/mol. The molecular formula is C19H30N4O3. The first-order valence-corrected chi connectivity index (χ1v) is 9.42. The number of likely N-dealkylation sites (tertiary alicyclic amines) is 1. The SMILES string of the molecule is COCCN1CCCC(O)(CN2CCN(c3ccncc3C)CC2)C1=O. The van der Waals surface area contributed by atoms with E-state index >= 15 is 0 Å². The number of β-amino-alcohol motifs (C(OH)–C–C–N with tert-alkyl or cyclic N) is 1. The molecule has 2 aliphatic heterocycles. The van der Waals surface area contributed by atoms with E-state index in [2.05, 4.69) is 27.8 Å². The molecule has 2 aliphatic rings. The molecule has 2 fully saturated rings. The number of anilines is 1. The van der Waals surface area contributed by atoms with Gasteiger partial charge in [0, 0.05) is 71.0 Å². The van der Waals surface area contributed by atoms with Crippen LogP contribution in [0.1, 0.15) is 18.4 Å². The first-order valence-electron chi connectivity index (χ1n) is 9.42. The summed E-state index contributed by atoms with van der Waals surface area (Å²) in [6.07, 6.45) is 5.09. The van der Waals surface area contributed by atoms with Gasteiger partial charge in [0.15, 0.2) is 5.60 Å². The highest BCUT2D eigenvalue weighted by atomic mass is 16.5. The number of piperidine rings is 1. The number of aromatic nitrogens is 1. The Morgan fingerprint density at radius 2 is 2.04 bits per heavy atom. The lowest BCUT2D eigenvalue weighted by atomic mass is 9.91. The maximum Gasteiger partial charge on any atom is 0.255 e. The molecule has 1 amide bonds. The average Bonchev–Trinajstić information content (AvgIpc) is 2.64. The van der Waals surface area contributed by atoms with E-state index in [9.17, 15) is 9.90 Å². The van der Waals surface area contributed by atoms with Crippen LogP contribution in [-0.2, 0) is 9.53 Å². The predicted molar refractivity (Wildman–Crippen MR) is 100 cm³/mol. The number of amides is 1. The quantitative estimate of drug-likeness (QED) is 0.795. The van der Waals surface area contributed by atoms with Gasteiger partial charge in [0.2, 0.25) is 0 Å². The van der Waals surface area contributed by atoms with Crippen molar-refractivity contribution >= 4 is 11.6 Å². The lowest BCUT2D eigenvalue weighted by Crippen LogP contribution is -2.61. The molecule has 0 radical (unpaired) electrons. The molecule has 26 heavy (non-hydrogen) atoms. The van der Waals surface area contributed by atoms with Crippen molar-refractivity contribution in [2.45, 2.75) is 25.4 Å². The highest BCUT2D eigenvalue weighted by Gasteiger charge is 2.43. The first kappa shape index (κ1) is 19.1. The fourth-order valence-electron chi connectivity index (χ4n) is 3.96. The zero-order chi connectivity index (χ0) is 18.6. The molecule has 3 rings (SSSR count). The summed E-state index contributed by atoms with van der Waals surface area (Å²) in [7, 11) is 1.63. The number of ether oxygens (including phenoxy) is 1. The van der Waals surface area contributed by atoms with Gasteiger partial charge in [0.05, 0.1) is 6.61 Å². The van der Waals surface area contributed by atoms with E-state index in [1.807, 2.05) is 12.4 Å². The number of pyridine rings is 1. The van der Waals surface area contributed by atoms with E-state index in [0.29, 0.717) is 32.7 Å². The van der Waals surface area contributed by atoms with E-state index in [-0.39, 0.29) is 5.91 Å². The third kappa shape index (κ3) is 4.16. The third-order valence-corrected chi connectivity index (χ3v) is 5.46. The van der Waals surface area contributed by atoms with Gasteiger partial charge in [-0.2, -0.15) is 0 Å². The average molecular weight is 362 g/mol. The molecule has 1 aromatic rings. The van der Waals surface area contributed by atoms with Crippen molar-refractivity contribution in [1.29, 1.82) is 0 Å². The molecule has 0 spiro atoms. The molecule has 2 saturated heterocycles. The number of aliphatic hydroxyl groups is 1. The van der Waals surface area contributed by atoms with Crippen molar-refractivity contribution in [2.24, 2.45) is 0 Å². The number of piperazine rings is 1. The predicted octanol–water partition coefficient (Wildman–Crippen LogP) is 0.512. The summed E-state index contributed by atoms with van der Waals surface area (Å²) in [5.74, 6) is -0.145. The summed E-state index contributed by atoms with van der Waals surface area (Å²) in [5.41, 5.74) is 1.13. The number of carbonyl (C=O) groups excluding carboxylic acids is 1. The van der Waals surface area contributed by atoms with Crippen LogP contribution in [0.3, 0.4) is 0 Å². The minimum atomic E-state index is -1.26. The van der Waals surface area contributed by atoms with Gasteiger partial charge in [-0.3, -0.25) is 14.7 Å². The molecular weight excluding hydrogens is 332 g/mol. The Kier molecular flexibility index (Phi) is 6.11. The highest BCUT2D eigenvalue weighted by molar-refractivity contribution is 5.86. The molecule has 1 unspecified atom stereocenters. The Balaban J connectivity index is 1.56. The Labute approximate surface area is 155 Å². The normalized spacial score (nSPS) is 25.0. The molecule has 1 aromatic heterocycles. The topological polar surface area (TPSA) is 69.1 Å². The molecule has 0 saturated carbocycles. The van der Waals surface area contributed by atoms with E-state index in [1.165, 1.54) is 11.3 Å². The second kappa shape index (κ2) is 8.33. The number of hydrogen-bond acceptors (Lipinski definition) is 6. The zero-order valence-corrected chi connectivity index (χ0v) is 15.9. The number of hydrogen-bond donors (Lipinski definition) is 1. The van der Waals surface area contributed by atoms with Crippen molar-refractivity contribution in [1.82, 2.24) is 14.8 Å². The first-order chi connectivity index (χ1) is 12.5. The smallest absolute Gasteiger partial charge is 0.255 e. The van der Waals surface area contributed by atoms with Crippen LogP contribution >= 0.6 is 0 Å². The van der Waals surface area contributed by atoms with Crippen LogP contribution in [0.2, 0.25) is 0 Å². The van der Waals surface area contributed by atoms with Gasteiger partial charge >= 0.3 is 0 Å². The molecule has 1 N–H and O–H groups in total. The zero-order valence-electron chi connectivity index (χ0n) is 15.9. The summed E-state index contributed by atoms with van der Waals surface area (Å²) in [6.45, 7) is 7.72. The van der Waals surface area contributed by atoms with Gasteiger partial charge in [-0.15, -0.1) is 0 Å². The minimum Gasteiger partial charge on any atom is -0.383 e. The molecule has 0 bridgehead atoms. The van der Waals surface area contributed by atoms with E-state index in [0.717, 1.165) is 32.6 Å². The standard InChI is InChI=1S/C19H30N4O3/c1-16-14-20-6-4-17(16)22-10-8-21(9-11-22)15-19(25)5-3-7-23(18(19)24)12-13-26-2/h4,6,14,25H,3,5,7-13,15H2,1-2H3. The van der Waals surface area contributed by atoms with Gasteiger partial charge in [0.1, 0.15) is 0 Å². The summed E-state index contributed by atoms with van der Waals surface area (Å²) < 4.78 is 5.08. The number of carbonyl (C=O) groups is 1. The van der Waals surface area contributed by atoms with Crippen molar-refractivity contribution in [3.05, 3.63) is 24.0 Å². The summed E-state index contributed by atoms with van der Waals surface area (Å²) >= 11 is 0. The Morgan fingerprint density at radius 1 is 1.27 bits per heavy atom. The molecule has 7 nitrogen and oxygen atoms in total. The number of rotatable bonds is 6. The van der Waals surface area contributed by atoms with Gasteiger partial charge in [0.25, 0.3) is 5.91 Å². The molecule has 3 heterocycles. The van der Waals surface area contributed by atoms with E-state index < -0.39 is 5.60 Å². The van der Waals surface area contributed by atoms with Crippen molar-refractivity contribution in [3.8, 4) is 0 Å². The summed E-state index contributed by atoms with van der Waals surface area (Å²) in [6, 6.07) is 2.05. The largest absolute Gasteiger partial charge is 0.383 e. The third-order valence-electron chi connectivity index (χ3n) is 5.46. The van der Waals surface area contributed by atoms with Gasteiger partial charge < -0.3 is 19.6 Å². The second-order valence-corrected chi connectivity index (χ2v) is 7.35. The Hall–Kier alpha value is -1.70. The number of methoxy groups -OCH3 is 1. The van der Waals surface area contributed by atoms with Crippen LogP contribution in [0.4, 0.5) is 5.69 Å². The van der Waals surface area contributed by atoms with Crippen LogP contribution < -0.4 is 4.90 Å². The maximum absolute atomic E-state index is 12.7. The Morgan fingerprint density at radius 3 is 2.73 bits per heavy atom. The summed E-state index contributed by atoms with van der Waals surface area (Å²) in [4.78, 5) is 23.2. The van der Waals surface area contributed by atoms with Gasteiger partial charge in [-0.1, -0.05) is 0 Å². The minimum absolute atomic E-state index is 0.145. The van der Waals surface area contributed by atoms with Crippen molar-refractivity contribution < 1.29 is 14.6 Å². The van der Waals surface area contributed by atoms with Crippen LogP contribution in [0, 0.1) is 6.92 Å². The second-order valence-electron chi connectivity index (χ2n) is 7.35. The fraction of sp³-hybridized carbons (Fsp3) is 0.684. The highest BCUT2D eigenvalue weighted by Crippen LogP contribution is 2.25. The molecule has 0 aliphatic carbocycles. The number of nitrogens with zero attached hydrogens (tertiary/aromatic N) is 4. The van der Waals surface area contributed by atoms with Crippen LogP contribution in [0.5, 0.6) is 0 Å². The van der Waals surface area contributed by atoms with E-state index in [1.54, 1.807) is 12.0 Å². The van der Waals surface area contributed by atoms with Crippen LogP contribution in [-0.4, -0.2) is 90.9 Å². The fourth-order valence-corrected chi connectivity index (χ4v) is 3.96. The molecule has 144 valence electrons. The lowest BCUT2D eigenvalue weighted by Gasteiger charge is -2.43. The van der Waals surface area contributed by atoms with Crippen molar-refractivity contribution in [3.63, 3.8) is 0 Å². The number of aryl methyl sites for hydroxylation is 1. The molecule has 7 heteroatoms. The lowest BCUT2D eigenvalue weighted by molar-refractivity contribution is -0.160. The van der Waals surface area contributed by atoms with Gasteiger partial charge in [-0.05, 0) is 31.4 Å². The van der Waals surface area contributed by atoms with E-state index in [4.69, 9.17) is 4.74 Å². The maximum atomic E-state index is 12.7. The van der Waals surface area contributed by atoms with Crippen molar-refractivity contribution in [2.75, 3.05) is 64.4 Å². The van der Waals surface area contributed by atoms with Crippen LogP contribution in [0.15, 0.2) is 18.5 Å². The molecule has 1 atom stereocenters. The van der Waals surface area contributed by atoms with Gasteiger partial charge in [-0.25, -0.2) is 0 Å². The summed E-state index contributed by atoms with van der Waals surface area (Å²) in [5, 5.41) is 11.0. The van der Waals surface area contributed by atoms with Crippen LogP contribution in [0.25, 0.3) is 0 Å².